The molecule has 1 saturated heterocycles. The van der Waals surface area contributed by atoms with E-state index in [9.17, 15) is 0 Å². The number of halogens is 3. The third-order valence-corrected chi connectivity index (χ3v) is 5.09. The molecule has 0 saturated carbocycles. The third-order valence-electron chi connectivity index (χ3n) is 3.92. The van der Waals surface area contributed by atoms with Crippen LogP contribution in [-0.2, 0) is 11.8 Å². The normalized spacial score (nSPS) is 16.8. The predicted molar refractivity (Wildman–Crippen MR) is 88.9 cm³/mol. The van der Waals surface area contributed by atoms with E-state index in [-0.39, 0.29) is 5.41 Å². The van der Waals surface area contributed by atoms with Crippen LogP contribution in [0.25, 0.3) is 0 Å². The van der Waals surface area contributed by atoms with Gasteiger partial charge in [0.05, 0.1) is 0 Å². The molecule has 4 heteroatoms. The van der Waals surface area contributed by atoms with Gasteiger partial charge in [0.15, 0.2) is 0 Å². The highest BCUT2D eigenvalue weighted by Gasteiger charge is 2.40. The molecular weight excluding hydrogens is 357 g/mol. The van der Waals surface area contributed by atoms with Gasteiger partial charge in [-0.2, -0.15) is 0 Å². The standard InChI is InChI=1S/C16H14BrCl2N/c17-12-6-5-11(15(19)7-12)8-16(9-20-10-16)13-3-1-2-4-14(13)18/h1-7,20H,8-10H2. The minimum Gasteiger partial charge on any atom is -0.315 e. The first kappa shape index (κ1) is 14.4. The summed E-state index contributed by atoms with van der Waals surface area (Å²) in [6.45, 7) is 1.87. The molecule has 1 aliphatic heterocycles. The number of rotatable bonds is 3. The van der Waals surface area contributed by atoms with Gasteiger partial charge in [-0.1, -0.05) is 63.4 Å². The van der Waals surface area contributed by atoms with Gasteiger partial charge >= 0.3 is 0 Å². The Morgan fingerprint density at radius 1 is 1.05 bits per heavy atom. The van der Waals surface area contributed by atoms with Gasteiger partial charge in [-0.05, 0) is 35.7 Å². The molecule has 1 nitrogen and oxygen atoms in total. The number of hydrogen-bond acceptors (Lipinski definition) is 1. The van der Waals surface area contributed by atoms with Crippen molar-refractivity contribution in [1.29, 1.82) is 0 Å². The summed E-state index contributed by atoms with van der Waals surface area (Å²) < 4.78 is 1.00. The van der Waals surface area contributed by atoms with Crippen LogP contribution in [0.1, 0.15) is 11.1 Å². The highest BCUT2D eigenvalue weighted by Crippen LogP contribution is 2.38. The lowest BCUT2D eigenvalue weighted by Crippen LogP contribution is -2.58. The summed E-state index contributed by atoms with van der Waals surface area (Å²) in [5, 5.41) is 5.01. The topological polar surface area (TPSA) is 12.0 Å². The van der Waals surface area contributed by atoms with Crippen LogP contribution in [0.2, 0.25) is 10.0 Å². The van der Waals surface area contributed by atoms with Crippen molar-refractivity contribution in [2.45, 2.75) is 11.8 Å². The summed E-state index contributed by atoms with van der Waals surface area (Å²) in [5.74, 6) is 0. The molecule has 1 heterocycles. The fourth-order valence-corrected chi connectivity index (χ4v) is 3.83. The Morgan fingerprint density at radius 3 is 2.40 bits per heavy atom. The smallest absolute Gasteiger partial charge is 0.0449 e. The molecule has 3 rings (SSSR count). The maximum atomic E-state index is 6.38. The molecule has 0 aliphatic carbocycles. The molecule has 0 amide bonds. The van der Waals surface area contributed by atoms with Crippen molar-refractivity contribution in [2.24, 2.45) is 0 Å². The van der Waals surface area contributed by atoms with E-state index >= 15 is 0 Å². The van der Waals surface area contributed by atoms with Crippen molar-refractivity contribution >= 4 is 39.1 Å². The van der Waals surface area contributed by atoms with Crippen LogP contribution in [0, 0.1) is 0 Å². The first-order valence-electron chi connectivity index (χ1n) is 6.50. The van der Waals surface area contributed by atoms with E-state index in [0.29, 0.717) is 0 Å². The molecule has 0 atom stereocenters. The van der Waals surface area contributed by atoms with Gasteiger partial charge in [0.1, 0.15) is 0 Å². The second kappa shape index (κ2) is 5.69. The highest BCUT2D eigenvalue weighted by molar-refractivity contribution is 9.10. The second-order valence-corrected chi connectivity index (χ2v) is 7.01. The lowest BCUT2D eigenvalue weighted by molar-refractivity contribution is 0.275. The van der Waals surface area contributed by atoms with Gasteiger partial charge < -0.3 is 5.32 Å². The lowest BCUT2D eigenvalue weighted by Gasteiger charge is -2.44. The second-order valence-electron chi connectivity index (χ2n) is 5.28. The summed E-state index contributed by atoms with van der Waals surface area (Å²) in [6, 6.07) is 14.2. The van der Waals surface area contributed by atoms with E-state index in [0.717, 1.165) is 39.6 Å². The average Bonchev–Trinajstić information content (AvgIpc) is 2.37. The van der Waals surface area contributed by atoms with Crippen LogP contribution in [0.4, 0.5) is 0 Å². The minimum atomic E-state index is 0.0514. The first-order chi connectivity index (χ1) is 9.61. The summed E-state index contributed by atoms with van der Waals surface area (Å²) in [6.07, 6.45) is 0.899. The van der Waals surface area contributed by atoms with E-state index in [1.165, 1.54) is 5.56 Å². The molecule has 1 aliphatic rings. The van der Waals surface area contributed by atoms with Crippen molar-refractivity contribution in [1.82, 2.24) is 5.32 Å². The Kier molecular flexibility index (Phi) is 4.09. The van der Waals surface area contributed by atoms with Crippen LogP contribution < -0.4 is 5.32 Å². The maximum Gasteiger partial charge on any atom is 0.0449 e. The number of benzene rings is 2. The van der Waals surface area contributed by atoms with Gasteiger partial charge in [-0.15, -0.1) is 0 Å². The molecule has 20 heavy (non-hydrogen) atoms. The van der Waals surface area contributed by atoms with E-state index in [2.05, 4.69) is 33.4 Å². The molecule has 2 aromatic carbocycles. The Balaban J connectivity index is 1.96. The molecule has 0 unspecified atom stereocenters. The molecule has 104 valence electrons. The van der Waals surface area contributed by atoms with Gasteiger partial charge in [-0.3, -0.25) is 0 Å². The van der Waals surface area contributed by atoms with E-state index < -0.39 is 0 Å². The summed E-state index contributed by atoms with van der Waals surface area (Å²) in [5.41, 5.74) is 2.42. The fourth-order valence-electron chi connectivity index (χ4n) is 2.76. The Hall–Kier alpha value is -0.540. The van der Waals surface area contributed by atoms with Crippen molar-refractivity contribution in [3.8, 4) is 0 Å². The molecule has 0 radical (unpaired) electrons. The first-order valence-corrected chi connectivity index (χ1v) is 8.05. The Labute approximate surface area is 137 Å². The van der Waals surface area contributed by atoms with Gasteiger partial charge in [-0.25, -0.2) is 0 Å². The van der Waals surface area contributed by atoms with E-state index in [1.54, 1.807) is 0 Å². The summed E-state index contributed by atoms with van der Waals surface area (Å²) >= 11 is 16.2. The largest absolute Gasteiger partial charge is 0.315 e. The molecule has 0 spiro atoms. The fraction of sp³-hybridized carbons (Fsp3) is 0.250. The number of hydrogen-bond donors (Lipinski definition) is 1. The van der Waals surface area contributed by atoms with Crippen molar-refractivity contribution < 1.29 is 0 Å². The van der Waals surface area contributed by atoms with Crippen LogP contribution in [-0.4, -0.2) is 13.1 Å². The Bertz CT molecular complexity index is 638. The zero-order chi connectivity index (χ0) is 14.2. The van der Waals surface area contributed by atoms with Gasteiger partial charge in [0, 0.05) is 33.0 Å². The molecule has 0 bridgehead atoms. The monoisotopic (exact) mass is 369 g/mol. The average molecular weight is 371 g/mol. The van der Waals surface area contributed by atoms with E-state index in [1.807, 2.05) is 30.3 Å². The predicted octanol–water partition coefficient (Wildman–Crippen LogP) is 4.84. The van der Waals surface area contributed by atoms with Gasteiger partial charge in [0.25, 0.3) is 0 Å². The van der Waals surface area contributed by atoms with E-state index in [4.69, 9.17) is 23.2 Å². The zero-order valence-corrected chi connectivity index (χ0v) is 13.9. The maximum absolute atomic E-state index is 6.38. The van der Waals surface area contributed by atoms with Crippen LogP contribution in [0.5, 0.6) is 0 Å². The SMILES string of the molecule is Clc1cc(Br)ccc1CC1(c2ccccc2Cl)CNC1. The minimum absolute atomic E-state index is 0.0514. The quantitative estimate of drug-likeness (QED) is 0.815. The Morgan fingerprint density at radius 2 is 1.80 bits per heavy atom. The molecular formula is C16H14BrCl2N. The summed E-state index contributed by atoms with van der Waals surface area (Å²) in [7, 11) is 0. The van der Waals surface area contributed by atoms with Crippen molar-refractivity contribution in [3.05, 3.63) is 68.1 Å². The highest BCUT2D eigenvalue weighted by atomic mass is 79.9. The van der Waals surface area contributed by atoms with Gasteiger partial charge in [0.2, 0.25) is 0 Å². The van der Waals surface area contributed by atoms with Crippen LogP contribution in [0.15, 0.2) is 46.9 Å². The van der Waals surface area contributed by atoms with Crippen LogP contribution in [0.3, 0.4) is 0 Å². The van der Waals surface area contributed by atoms with Crippen LogP contribution >= 0.6 is 39.1 Å². The van der Waals surface area contributed by atoms with Crippen molar-refractivity contribution in [3.63, 3.8) is 0 Å². The molecule has 2 aromatic rings. The molecule has 0 aromatic heterocycles. The third kappa shape index (κ3) is 2.62. The summed E-state index contributed by atoms with van der Waals surface area (Å²) in [4.78, 5) is 0. The molecule has 1 fully saturated rings. The molecule has 1 N–H and O–H groups in total. The lowest BCUT2D eigenvalue weighted by atomic mass is 9.71. The zero-order valence-electron chi connectivity index (χ0n) is 10.8. The number of nitrogens with one attached hydrogen (secondary N) is 1. The van der Waals surface area contributed by atoms with Crippen molar-refractivity contribution in [2.75, 3.05) is 13.1 Å².